The van der Waals surface area contributed by atoms with Crippen LogP contribution in [0.1, 0.15) is 39.5 Å². The predicted molar refractivity (Wildman–Crippen MR) is 73.6 cm³/mol. The monoisotopic (exact) mass is 270 g/mol. The van der Waals surface area contributed by atoms with Gasteiger partial charge in [0.25, 0.3) is 5.24 Å². The van der Waals surface area contributed by atoms with E-state index in [0.29, 0.717) is 24.4 Å². The van der Waals surface area contributed by atoms with Crippen LogP contribution in [0.25, 0.3) is 0 Å². The van der Waals surface area contributed by atoms with E-state index in [0.717, 1.165) is 25.1 Å². The molecular formula is C13H22N2O2S. The van der Waals surface area contributed by atoms with Crippen LogP contribution in [0.5, 0.6) is 0 Å². The molecule has 5 heteroatoms. The zero-order valence-electron chi connectivity index (χ0n) is 11.2. The quantitative estimate of drug-likeness (QED) is 0.852. The van der Waals surface area contributed by atoms with E-state index in [-0.39, 0.29) is 11.1 Å². The van der Waals surface area contributed by atoms with Crippen molar-refractivity contribution in [3.63, 3.8) is 0 Å². The molecule has 18 heavy (non-hydrogen) atoms. The number of hydrogen-bond acceptors (Lipinski definition) is 3. The molecule has 0 aromatic heterocycles. The molecule has 0 spiro atoms. The molecule has 1 unspecified atom stereocenters. The van der Waals surface area contributed by atoms with Crippen molar-refractivity contribution in [2.45, 2.75) is 45.6 Å². The highest BCUT2D eigenvalue weighted by molar-refractivity contribution is 8.13. The van der Waals surface area contributed by atoms with Gasteiger partial charge < -0.3 is 10.2 Å². The molecule has 1 saturated heterocycles. The van der Waals surface area contributed by atoms with Gasteiger partial charge in [0.2, 0.25) is 5.91 Å². The van der Waals surface area contributed by atoms with E-state index >= 15 is 0 Å². The molecule has 102 valence electrons. The number of nitrogens with one attached hydrogen (secondary N) is 1. The van der Waals surface area contributed by atoms with Gasteiger partial charge in [-0.05, 0) is 24.7 Å². The van der Waals surface area contributed by atoms with E-state index in [1.807, 2.05) is 0 Å². The molecule has 2 fully saturated rings. The second kappa shape index (κ2) is 5.51. The van der Waals surface area contributed by atoms with Crippen LogP contribution in [0, 0.1) is 5.41 Å². The minimum absolute atomic E-state index is 0.0856. The number of carbonyl (C=O) groups excluding carboxylic acids is 2. The summed E-state index contributed by atoms with van der Waals surface area (Å²) < 4.78 is 0. The van der Waals surface area contributed by atoms with E-state index < -0.39 is 0 Å². The van der Waals surface area contributed by atoms with Crippen LogP contribution in [0.2, 0.25) is 0 Å². The van der Waals surface area contributed by atoms with Gasteiger partial charge >= 0.3 is 0 Å². The topological polar surface area (TPSA) is 49.4 Å². The van der Waals surface area contributed by atoms with Crippen molar-refractivity contribution >= 4 is 22.9 Å². The molecule has 0 radical (unpaired) electrons. The third kappa shape index (κ3) is 3.64. The lowest BCUT2D eigenvalue weighted by Crippen LogP contribution is -2.36. The molecule has 2 amide bonds. The summed E-state index contributed by atoms with van der Waals surface area (Å²) in [6, 6.07) is 0.330. The number of nitrogens with zero attached hydrogens (tertiary/aromatic N) is 1. The maximum atomic E-state index is 11.8. The Labute approximate surface area is 113 Å². The fourth-order valence-corrected chi connectivity index (χ4v) is 3.58. The molecule has 4 nitrogen and oxygen atoms in total. The van der Waals surface area contributed by atoms with Gasteiger partial charge in [0, 0.05) is 31.3 Å². The van der Waals surface area contributed by atoms with Gasteiger partial charge in [-0.15, -0.1) is 0 Å². The van der Waals surface area contributed by atoms with Crippen molar-refractivity contribution < 1.29 is 9.59 Å². The summed E-state index contributed by atoms with van der Waals surface area (Å²) in [4.78, 5) is 25.0. The van der Waals surface area contributed by atoms with Crippen molar-refractivity contribution in [3.05, 3.63) is 0 Å². The second-order valence-corrected chi connectivity index (χ2v) is 7.07. The molecule has 2 aliphatic rings. The molecule has 1 aliphatic carbocycles. The average Bonchev–Trinajstić information content (AvgIpc) is 2.82. The van der Waals surface area contributed by atoms with Crippen LogP contribution in [0.4, 0.5) is 4.79 Å². The SMILES string of the molecule is CC1(C)CCC(NC(=O)CCN2CCSC2=O)C1. The first-order valence-electron chi connectivity index (χ1n) is 6.67. The van der Waals surface area contributed by atoms with Gasteiger partial charge in [-0.25, -0.2) is 0 Å². The minimum Gasteiger partial charge on any atom is -0.353 e. The maximum absolute atomic E-state index is 11.8. The smallest absolute Gasteiger partial charge is 0.281 e. The van der Waals surface area contributed by atoms with Crippen molar-refractivity contribution in [1.29, 1.82) is 0 Å². The zero-order valence-corrected chi connectivity index (χ0v) is 12.0. The Kier molecular flexibility index (Phi) is 4.20. The maximum Gasteiger partial charge on any atom is 0.281 e. The van der Waals surface area contributed by atoms with Crippen LogP contribution in [0.3, 0.4) is 0 Å². The highest BCUT2D eigenvalue weighted by Gasteiger charge is 2.31. The van der Waals surface area contributed by atoms with Crippen molar-refractivity contribution in [1.82, 2.24) is 10.2 Å². The first-order valence-corrected chi connectivity index (χ1v) is 7.66. The van der Waals surface area contributed by atoms with Crippen LogP contribution in [-0.2, 0) is 4.79 Å². The third-order valence-electron chi connectivity index (χ3n) is 3.79. The number of thioether (sulfide) groups is 1. The Balaban J connectivity index is 1.68. The largest absolute Gasteiger partial charge is 0.353 e. The molecule has 0 aromatic rings. The number of amides is 2. The molecule has 1 saturated carbocycles. The number of carbonyl (C=O) groups is 2. The van der Waals surface area contributed by atoms with Gasteiger partial charge in [-0.1, -0.05) is 25.6 Å². The Hall–Kier alpha value is -0.710. The van der Waals surface area contributed by atoms with Crippen LogP contribution < -0.4 is 5.32 Å². The minimum atomic E-state index is 0.0856. The highest BCUT2D eigenvalue weighted by Crippen LogP contribution is 2.36. The van der Waals surface area contributed by atoms with E-state index in [9.17, 15) is 9.59 Å². The summed E-state index contributed by atoms with van der Waals surface area (Å²) in [5, 5.41) is 3.21. The van der Waals surface area contributed by atoms with Crippen molar-refractivity contribution in [2.24, 2.45) is 5.41 Å². The first kappa shape index (κ1) is 13.7. The molecule has 1 N–H and O–H groups in total. The summed E-state index contributed by atoms with van der Waals surface area (Å²) in [6.07, 6.45) is 3.76. The molecule has 0 bridgehead atoms. The van der Waals surface area contributed by atoms with Crippen LogP contribution in [-0.4, -0.2) is 40.9 Å². The van der Waals surface area contributed by atoms with Gasteiger partial charge in [0.05, 0.1) is 0 Å². The van der Waals surface area contributed by atoms with Gasteiger partial charge in [-0.2, -0.15) is 0 Å². The lowest BCUT2D eigenvalue weighted by atomic mass is 9.92. The lowest BCUT2D eigenvalue weighted by molar-refractivity contribution is -0.121. The fraction of sp³-hybridized carbons (Fsp3) is 0.846. The standard InChI is InChI=1S/C13H22N2O2S/c1-13(2)5-3-10(9-13)14-11(16)4-6-15-7-8-18-12(15)17/h10H,3-9H2,1-2H3,(H,14,16). The first-order chi connectivity index (χ1) is 8.46. The Morgan fingerprint density at radius 3 is 2.89 bits per heavy atom. The molecule has 1 atom stereocenters. The lowest BCUT2D eigenvalue weighted by Gasteiger charge is -2.19. The van der Waals surface area contributed by atoms with Crippen LogP contribution >= 0.6 is 11.8 Å². The number of rotatable bonds is 4. The Bertz CT molecular complexity index is 344. The van der Waals surface area contributed by atoms with Gasteiger partial charge in [0.1, 0.15) is 0 Å². The number of hydrogen-bond donors (Lipinski definition) is 1. The predicted octanol–water partition coefficient (Wildman–Crippen LogP) is 2.24. The van der Waals surface area contributed by atoms with E-state index in [4.69, 9.17) is 0 Å². The molecule has 1 heterocycles. The third-order valence-corrected chi connectivity index (χ3v) is 4.68. The molecule has 1 aliphatic heterocycles. The van der Waals surface area contributed by atoms with Gasteiger partial charge in [-0.3, -0.25) is 9.59 Å². The summed E-state index contributed by atoms with van der Waals surface area (Å²) in [5.41, 5.74) is 0.361. The highest BCUT2D eigenvalue weighted by atomic mass is 32.2. The average molecular weight is 270 g/mol. The Morgan fingerprint density at radius 2 is 2.33 bits per heavy atom. The second-order valence-electron chi connectivity index (χ2n) is 6.02. The Morgan fingerprint density at radius 1 is 1.56 bits per heavy atom. The fourth-order valence-electron chi connectivity index (χ4n) is 2.72. The molecule has 2 rings (SSSR count). The van der Waals surface area contributed by atoms with Crippen LogP contribution in [0.15, 0.2) is 0 Å². The van der Waals surface area contributed by atoms with E-state index in [1.165, 1.54) is 18.2 Å². The summed E-state index contributed by atoms with van der Waals surface area (Å²) in [6.45, 7) is 5.85. The molecule has 0 aromatic carbocycles. The normalized spacial score (nSPS) is 26.7. The van der Waals surface area contributed by atoms with Gasteiger partial charge in [0.15, 0.2) is 0 Å². The molecular weight excluding hydrogens is 248 g/mol. The summed E-state index contributed by atoms with van der Waals surface area (Å²) >= 11 is 1.34. The zero-order chi connectivity index (χ0) is 13.2. The summed E-state index contributed by atoms with van der Waals surface area (Å²) in [7, 11) is 0. The summed E-state index contributed by atoms with van der Waals surface area (Å²) in [5.74, 6) is 0.944. The van der Waals surface area contributed by atoms with Crippen molar-refractivity contribution in [3.8, 4) is 0 Å². The van der Waals surface area contributed by atoms with Crippen molar-refractivity contribution in [2.75, 3.05) is 18.8 Å². The van der Waals surface area contributed by atoms with E-state index in [1.54, 1.807) is 4.90 Å². The van der Waals surface area contributed by atoms with E-state index in [2.05, 4.69) is 19.2 Å².